The molecule has 0 fully saturated rings. The quantitative estimate of drug-likeness (QED) is 0.258. The average Bonchev–Trinajstić information content (AvgIpc) is 2.94. The first-order valence-electron chi connectivity index (χ1n) is 12.7. The molecule has 36 heavy (non-hydrogen) atoms. The first kappa shape index (κ1) is 25.2. The van der Waals surface area contributed by atoms with E-state index in [2.05, 4.69) is 96.1 Å². The summed E-state index contributed by atoms with van der Waals surface area (Å²) < 4.78 is 0. The van der Waals surface area contributed by atoms with Crippen molar-refractivity contribution in [2.75, 3.05) is 32.7 Å². The number of hydrogen-bond acceptors (Lipinski definition) is 3. The zero-order valence-electron chi connectivity index (χ0n) is 21.0. The molecule has 0 saturated heterocycles. The Labute approximate surface area is 214 Å². The summed E-state index contributed by atoms with van der Waals surface area (Å²) in [5.41, 5.74) is 4.41. The monoisotopic (exact) mass is 477 g/mol. The van der Waals surface area contributed by atoms with Crippen LogP contribution in [0.25, 0.3) is 16.5 Å². The van der Waals surface area contributed by atoms with Crippen molar-refractivity contribution in [3.05, 3.63) is 126 Å². The van der Waals surface area contributed by atoms with E-state index < -0.39 is 0 Å². The number of benzene rings is 4. The highest BCUT2D eigenvalue weighted by molar-refractivity contribution is 5.85. The van der Waals surface area contributed by atoms with Crippen molar-refractivity contribution in [3.8, 4) is 0 Å². The van der Waals surface area contributed by atoms with Crippen molar-refractivity contribution in [2.24, 2.45) is 0 Å². The van der Waals surface area contributed by atoms with Gasteiger partial charge in [0.25, 0.3) is 0 Å². The molecule has 4 aromatic rings. The number of nitrogens with zero attached hydrogens (tertiary/aromatic N) is 1. The lowest BCUT2D eigenvalue weighted by atomic mass is 9.91. The molecule has 0 bridgehead atoms. The summed E-state index contributed by atoms with van der Waals surface area (Å²) in [7, 11) is 0. The molecule has 0 saturated carbocycles. The number of hydrogen-bond donors (Lipinski definition) is 2. The Morgan fingerprint density at radius 2 is 1.42 bits per heavy atom. The van der Waals surface area contributed by atoms with Gasteiger partial charge in [-0.25, -0.2) is 0 Å². The molecule has 0 radical (unpaired) electrons. The largest absolute Gasteiger partial charge is 0.384 e. The molecular formula is C32H35N3O. The summed E-state index contributed by atoms with van der Waals surface area (Å²) in [6.07, 6.45) is 0. The van der Waals surface area contributed by atoms with Crippen molar-refractivity contribution in [1.29, 1.82) is 0 Å². The molecule has 0 unspecified atom stereocenters. The summed E-state index contributed by atoms with van der Waals surface area (Å²) in [5.74, 6) is 0.256. The van der Waals surface area contributed by atoms with Crippen LogP contribution in [0.1, 0.15) is 29.5 Å². The maximum absolute atomic E-state index is 13.0. The topological polar surface area (TPSA) is 44.4 Å². The highest BCUT2D eigenvalue weighted by Crippen LogP contribution is 2.25. The molecule has 4 heteroatoms. The van der Waals surface area contributed by atoms with E-state index in [1.54, 1.807) is 0 Å². The summed E-state index contributed by atoms with van der Waals surface area (Å²) in [5, 5.41) is 9.09. The van der Waals surface area contributed by atoms with E-state index in [1.165, 1.54) is 21.9 Å². The van der Waals surface area contributed by atoms with Gasteiger partial charge in [-0.3, -0.25) is 4.79 Å². The Morgan fingerprint density at radius 3 is 2.06 bits per heavy atom. The van der Waals surface area contributed by atoms with Gasteiger partial charge in [0.1, 0.15) is 0 Å². The molecule has 1 amide bonds. The molecule has 4 aromatic carbocycles. The van der Waals surface area contributed by atoms with E-state index >= 15 is 0 Å². The van der Waals surface area contributed by atoms with Crippen molar-refractivity contribution >= 4 is 22.4 Å². The number of fused-ring (bicyclic) bond motifs is 1. The Bertz CT molecular complexity index is 1230. The SMILES string of the molecule is C=C(NCCNCC(=O)N(CC)CC(c1ccccc1)c1ccccc1)c1ccc2ccccc2c1. The number of rotatable bonds is 12. The van der Waals surface area contributed by atoms with Crippen LogP contribution in [0.4, 0.5) is 0 Å². The fourth-order valence-corrected chi connectivity index (χ4v) is 4.49. The maximum atomic E-state index is 13.0. The molecule has 4 rings (SSSR count). The molecule has 0 aliphatic heterocycles. The Balaban J connectivity index is 1.27. The summed E-state index contributed by atoms with van der Waals surface area (Å²) in [6.45, 7) is 9.24. The van der Waals surface area contributed by atoms with Gasteiger partial charge in [0.15, 0.2) is 0 Å². The first-order valence-corrected chi connectivity index (χ1v) is 12.7. The number of amides is 1. The summed E-state index contributed by atoms with van der Waals surface area (Å²) >= 11 is 0. The molecule has 0 aliphatic rings. The van der Waals surface area contributed by atoms with Crippen LogP contribution < -0.4 is 10.6 Å². The van der Waals surface area contributed by atoms with Crippen LogP contribution in [-0.2, 0) is 4.79 Å². The van der Waals surface area contributed by atoms with E-state index in [0.717, 1.165) is 11.3 Å². The molecule has 0 aliphatic carbocycles. The van der Waals surface area contributed by atoms with Gasteiger partial charge in [0, 0.05) is 37.8 Å². The number of likely N-dealkylation sites (N-methyl/N-ethyl adjacent to an activating group) is 1. The zero-order chi connectivity index (χ0) is 25.2. The minimum atomic E-state index is 0.114. The van der Waals surface area contributed by atoms with Crippen LogP contribution >= 0.6 is 0 Å². The van der Waals surface area contributed by atoms with Crippen molar-refractivity contribution in [3.63, 3.8) is 0 Å². The molecular weight excluding hydrogens is 442 g/mol. The highest BCUT2D eigenvalue weighted by atomic mass is 16.2. The standard InChI is InChI=1S/C32H35N3O/c1-3-35(24-31(27-13-6-4-7-14-27)28-15-8-5-9-16-28)32(36)23-33-20-21-34-25(2)29-19-18-26-12-10-11-17-30(26)22-29/h4-19,22,31,33-34H,2-3,20-21,23-24H2,1H3. The van der Waals surface area contributed by atoms with Gasteiger partial charge >= 0.3 is 0 Å². The van der Waals surface area contributed by atoms with E-state index in [9.17, 15) is 4.79 Å². The van der Waals surface area contributed by atoms with Gasteiger partial charge < -0.3 is 15.5 Å². The van der Waals surface area contributed by atoms with Crippen LogP contribution in [0.5, 0.6) is 0 Å². The fraction of sp³-hybridized carbons (Fsp3) is 0.219. The summed E-state index contributed by atoms with van der Waals surface area (Å²) in [6, 6.07) is 35.5. The van der Waals surface area contributed by atoms with Crippen LogP contribution in [0.3, 0.4) is 0 Å². The third kappa shape index (κ3) is 6.61. The number of carbonyl (C=O) groups excluding carboxylic acids is 1. The van der Waals surface area contributed by atoms with Crippen molar-refractivity contribution in [2.45, 2.75) is 12.8 Å². The predicted octanol–water partition coefficient (Wildman–Crippen LogP) is 5.67. The van der Waals surface area contributed by atoms with Crippen LogP contribution in [0.15, 0.2) is 110 Å². The van der Waals surface area contributed by atoms with Crippen LogP contribution in [0.2, 0.25) is 0 Å². The van der Waals surface area contributed by atoms with Gasteiger partial charge in [-0.15, -0.1) is 0 Å². The normalized spacial score (nSPS) is 10.9. The second kappa shape index (κ2) is 12.7. The van der Waals surface area contributed by atoms with Gasteiger partial charge in [-0.1, -0.05) is 104 Å². The number of nitrogens with one attached hydrogen (secondary N) is 2. The third-order valence-electron chi connectivity index (χ3n) is 6.56. The molecule has 184 valence electrons. The average molecular weight is 478 g/mol. The second-order valence-electron chi connectivity index (χ2n) is 8.95. The minimum Gasteiger partial charge on any atom is -0.384 e. The smallest absolute Gasteiger partial charge is 0.236 e. The lowest BCUT2D eigenvalue weighted by molar-refractivity contribution is -0.130. The fourth-order valence-electron chi connectivity index (χ4n) is 4.49. The molecule has 2 N–H and O–H groups in total. The Kier molecular flexibility index (Phi) is 8.90. The zero-order valence-corrected chi connectivity index (χ0v) is 21.0. The first-order chi connectivity index (χ1) is 17.7. The maximum Gasteiger partial charge on any atom is 0.236 e. The lowest BCUT2D eigenvalue weighted by Crippen LogP contribution is -2.41. The predicted molar refractivity (Wildman–Crippen MR) is 151 cm³/mol. The minimum absolute atomic E-state index is 0.114. The second-order valence-corrected chi connectivity index (χ2v) is 8.95. The van der Waals surface area contributed by atoms with Gasteiger partial charge in [0.05, 0.1) is 6.54 Å². The molecule has 0 aromatic heterocycles. The van der Waals surface area contributed by atoms with Gasteiger partial charge in [-0.05, 0) is 40.5 Å². The molecule has 0 spiro atoms. The van der Waals surface area contributed by atoms with Crippen molar-refractivity contribution in [1.82, 2.24) is 15.5 Å². The molecule has 0 atom stereocenters. The van der Waals surface area contributed by atoms with E-state index in [4.69, 9.17) is 0 Å². The lowest BCUT2D eigenvalue weighted by Gasteiger charge is -2.28. The van der Waals surface area contributed by atoms with Crippen LogP contribution in [-0.4, -0.2) is 43.5 Å². The Morgan fingerprint density at radius 1 is 0.806 bits per heavy atom. The summed E-state index contributed by atoms with van der Waals surface area (Å²) in [4.78, 5) is 15.0. The van der Waals surface area contributed by atoms with E-state index in [1.807, 2.05) is 36.1 Å². The molecule has 0 heterocycles. The van der Waals surface area contributed by atoms with E-state index in [0.29, 0.717) is 32.7 Å². The van der Waals surface area contributed by atoms with Gasteiger partial charge in [0.2, 0.25) is 5.91 Å². The number of carbonyl (C=O) groups is 1. The van der Waals surface area contributed by atoms with Crippen molar-refractivity contribution < 1.29 is 4.79 Å². The molecule has 4 nitrogen and oxygen atoms in total. The van der Waals surface area contributed by atoms with E-state index in [-0.39, 0.29) is 11.8 Å². The third-order valence-corrected chi connectivity index (χ3v) is 6.56. The van der Waals surface area contributed by atoms with Crippen LogP contribution in [0, 0.1) is 0 Å². The Hall–Kier alpha value is -3.89. The highest BCUT2D eigenvalue weighted by Gasteiger charge is 2.20. The van der Waals surface area contributed by atoms with Gasteiger partial charge in [-0.2, -0.15) is 0 Å².